The van der Waals surface area contributed by atoms with E-state index in [9.17, 15) is 4.39 Å². The lowest BCUT2D eigenvalue weighted by Gasteiger charge is -2.05. The molecule has 0 fully saturated rings. The number of pyridine rings is 1. The Labute approximate surface area is 88.7 Å². The molecular formula is C9H7BrFN3. The highest BCUT2D eigenvalue weighted by molar-refractivity contribution is 9.10. The molecule has 2 aromatic heterocycles. The second-order valence-corrected chi connectivity index (χ2v) is 3.57. The van der Waals surface area contributed by atoms with Crippen LogP contribution in [0.3, 0.4) is 0 Å². The first kappa shape index (κ1) is 9.33. The normalized spacial score (nSPS) is 10.5. The Balaban J connectivity index is 2.60. The molecule has 0 atom stereocenters. The fourth-order valence-corrected chi connectivity index (χ4v) is 1.57. The van der Waals surface area contributed by atoms with Gasteiger partial charge in [0.2, 0.25) is 0 Å². The van der Waals surface area contributed by atoms with Crippen LogP contribution in [0.1, 0.15) is 5.69 Å². The Hall–Kier alpha value is -1.23. The minimum atomic E-state index is -0.388. The van der Waals surface area contributed by atoms with Crippen molar-refractivity contribution in [1.29, 1.82) is 0 Å². The average Bonchev–Trinajstić information content (AvgIpc) is 2.64. The number of halogens is 2. The zero-order valence-electron chi connectivity index (χ0n) is 7.41. The Kier molecular flexibility index (Phi) is 2.33. The van der Waals surface area contributed by atoms with Crippen molar-refractivity contribution in [2.75, 3.05) is 0 Å². The maximum Gasteiger partial charge on any atom is 0.158 e. The Morgan fingerprint density at radius 2 is 2.29 bits per heavy atom. The molecular weight excluding hydrogens is 249 g/mol. The molecule has 0 aliphatic carbocycles. The minimum absolute atomic E-state index is 0.228. The van der Waals surface area contributed by atoms with E-state index in [0.717, 1.165) is 5.69 Å². The summed E-state index contributed by atoms with van der Waals surface area (Å²) in [5.41, 5.74) is 1.37. The molecule has 2 aromatic rings. The van der Waals surface area contributed by atoms with Crippen LogP contribution in [-0.2, 0) is 0 Å². The standard InChI is InChI=1S/C9H7BrFN3/c1-6-8(14-4-2-3-12-14)5-7(11)9(10)13-6/h2-5H,1H3. The number of nitrogens with zero attached hydrogens (tertiary/aromatic N) is 3. The maximum atomic E-state index is 13.2. The monoisotopic (exact) mass is 255 g/mol. The maximum absolute atomic E-state index is 13.2. The molecule has 0 radical (unpaired) electrons. The van der Waals surface area contributed by atoms with E-state index in [4.69, 9.17) is 0 Å². The second-order valence-electron chi connectivity index (χ2n) is 2.82. The molecule has 0 aromatic carbocycles. The summed E-state index contributed by atoms with van der Waals surface area (Å²) in [6, 6.07) is 3.18. The molecule has 2 heterocycles. The third-order valence-electron chi connectivity index (χ3n) is 1.85. The molecule has 72 valence electrons. The molecule has 0 aliphatic rings. The predicted octanol–water partition coefficient (Wildman–Crippen LogP) is 2.48. The summed E-state index contributed by atoms with van der Waals surface area (Å²) in [6.45, 7) is 1.81. The lowest BCUT2D eigenvalue weighted by molar-refractivity contribution is 0.608. The molecule has 5 heteroatoms. The lowest BCUT2D eigenvalue weighted by Crippen LogP contribution is -2.01. The summed E-state index contributed by atoms with van der Waals surface area (Å²) < 4.78 is 15.0. The highest BCUT2D eigenvalue weighted by Gasteiger charge is 2.08. The largest absolute Gasteiger partial charge is 0.241 e. The summed E-state index contributed by atoms with van der Waals surface area (Å²) in [6.07, 6.45) is 3.39. The topological polar surface area (TPSA) is 30.7 Å². The van der Waals surface area contributed by atoms with Crippen molar-refractivity contribution >= 4 is 15.9 Å². The molecule has 0 saturated carbocycles. The van der Waals surface area contributed by atoms with Crippen molar-refractivity contribution in [3.05, 3.63) is 40.6 Å². The smallest absolute Gasteiger partial charge is 0.158 e. The lowest BCUT2D eigenvalue weighted by atomic mass is 10.3. The zero-order valence-corrected chi connectivity index (χ0v) is 8.99. The number of rotatable bonds is 1. The minimum Gasteiger partial charge on any atom is -0.241 e. The van der Waals surface area contributed by atoms with Gasteiger partial charge in [-0.1, -0.05) is 0 Å². The molecule has 2 rings (SSSR count). The van der Waals surface area contributed by atoms with Crippen molar-refractivity contribution in [1.82, 2.24) is 14.8 Å². The molecule has 0 amide bonds. The summed E-state index contributed by atoms with van der Waals surface area (Å²) in [5.74, 6) is -0.388. The third kappa shape index (κ3) is 1.55. The van der Waals surface area contributed by atoms with Crippen molar-refractivity contribution in [3.8, 4) is 5.69 Å². The van der Waals surface area contributed by atoms with Crippen LogP contribution in [0.4, 0.5) is 4.39 Å². The summed E-state index contributed by atoms with van der Waals surface area (Å²) in [4.78, 5) is 4.01. The molecule has 0 spiro atoms. The summed E-state index contributed by atoms with van der Waals surface area (Å²) >= 11 is 3.03. The molecule has 0 N–H and O–H groups in total. The van der Waals surface area contributed by atoms with Crippen molar-refractivity contribution < 1.29 is 4.39 Å². The van der Waals surface area contributed by atoms with Gasteiger partial charge in [-0.2, -0.15) is 5.10 Å². The first-order chi connectivity index (χ1) is 6.68. The second kappa shape index (κ2) is 3.49. The van der Waals surface area contributed by atoms with Gasteiger partial charge in [0, 0.05) is 18.5 Å². The van der Waals surface area contributed by atoms with E-state index in [1.165, 1.54) is 6.07 Å². The number of hydrogen-bond acceptors (Lipinski definition) is 2. The van der Waals surface area contributed by atoms with Crippen molar-refractivity contribution in [3.63, 3.8) is 0 Å². The first-order valence-corrected chi connectivity index (χ1v) is 4.80. The van der Waals surface area contributed by atoms with Crippen LogP contribution in [0.5, 0.6) is 0 Å². The molecule has 0 saturated heterocycles. The highest BCUT2D eigenvalue weighted by atomic mass is 79.9. The van der Waals surface area contributed by atoms with E-state index in [-0.39, 0.29) is 10.4 Å². The first-order valence-electron chi connectivity index (χ1n) is 4.01. The van der Waals surface area contributed by atoms with Gasteiger partial charge in [-0.05, 0) is 28.9 Å². The quantitative estimate of drug-likeness (QED) is 0.734. The highest BCUT2D eigenvalue weighted by Crippen LogP contribution is 2.18. The fourth-order valence-electron chi connectivity index (χ4n) is 1.19. The third-order valence-corrected chi connectivity index (χ3v) is 2.40. The molecule has 3 nitrogen and oxygen atoms in total. The molecule has 14 heavy (non-hydrogen) atoms. The van der Waals surface area contributed by atoms with Gasteiger partial charge < -0.3 is 0 Å². The summed E-state index contributed by atoms with van der Waals surface area (Å²) in [7, 11) is 0. The van der Waals surface area contributed by atoms with E-state index < -0.39 is 0 Å². The van der Waals surface area contributed by atoms with Crippen LogP contribution in [0.2, 0.25) is 0 Å². The van der Waals surface area contributed by atoms with Crippen LogP contribution in [0, 0.1) is 12.7 Å². The summed E-state index contributed by atoms with van der Waals surface area (Å²) in [5, 5.41) is 4.01. The van der Waals surface area contributed by atoms with E-state index in [0.29, 0.717) is 5.69 Å². The predicted molar refractivity (Wildman–Crippen MR) is 53.8 cm³/mol. The van der Waals surface area contributed by atoms with Gasteiger partial charge in [0.15, 0.2) is 5.82 Å². The van der Waals surface area contributed by atoms with Crippen LogP contribution in [-0.4, -0.2) is 14.8 Å². The number of hydrogen-bond donors (Lipinski definition) is 0. The Morgan fingerprint density at radius 3 is 2.93 bits per heavy atom. The van der Waals surface area contributed by atoms with Crippen molar-refractivity contribution in [2.24, 2.45) is 0 Å². The van der Waals surface area contributed by atoms with E-state index in [1.807, 2.05) is 0 Å². The van der Waals surface area contributed by atoms with Gasteiger partial charge in [-0.3, -0.25) is 0 Å². The van der Waals surface area contributed by atoms with Gasteiger partial charge in [0.25, 0.3) is 0 Å². The van der Waals surface area contributed by atoms with Crippen LogP contribution in [0.25, 0.3) is 5.69 Å². The van der Waals surface area contributed by atoms with Crippen LogP contribution in [0.15, 0.2) is 29.1 Å². The Bertz CT molecular complexity index is 453. The van der Waals surface area contributed by atoms with Gasteiger partial charge in [-0.25, -0.2) is 14.1 Å². The van der Waals surface area contributed by atoms with Gasteiger partial charge in [0.1, 0.15) is 4.60 Å². The van der Waals surface area contributed by atoms with Crippen LogP contribution >= 0.6 is 15.9 Å². The number of aryl methyl sites for hydroxylation is 1. The van der Waals surface area contributed by atoms with Gasteiger partial charge in [-0.15, -0.1) is 0 Å². The van der Waals surface area contributed by atoms with Crippen LogP contribution < -0.4 is 0 Å². The van der Waals surface area contributed by atoms with Gasteiger partial charge >= 0.3 is 0 Å². The average molecular weight is 256 g/mol. The van der Waals surface area contributed by atoms with E-state index in [1.54, 1.807) is 30.1 Å². The molecule has 0 bridgehead atoms. The molecule has 0 unspecified atom stereocenters. The van der Waals surface area contributed by atoms with E-state index in [2.05, 4.69) is 26.0 Å². The van der Waals surface area contributed by atoms with Crippen molar-refractivity contribution in [2.45, 2.75) is 6.92 Å². The molecule has 0 aliphatic heterocycles. The SMILES string of the molecule is Cc1nc(Br)c(F)cc1-n1cccn1. The van der Waals surface area contributed by atoms with Gasteiger partial charge in [0.05, 0.1) is 11.4 Å². The van der Waals surface area contributed by atoms with E-state index >= 15 is 0 Å². The fraction of sp³-hybridized carbons (Fsp3) is 0.111. The Morgan fingerprint density at radius 1 is 1.50 bits per heavy atom. The zero-order chi connectivity index (χ0) is 10.1. The number of aromatic nitrogens is 3.